The summed E-state index contributed by atoms with van der Waals surface area (Å²) in [4.78, 5) is 18.4. The van der Waals surface area contributed by atoms with Crippen molar-refractivity contribution in [3.8, 4) is 0 Å². The molecule has 0 aliphatic carbocycles. The minimum Gasteiger partial charge on any atom is -0.352 e. The molecule has 5 nitrogen and oxygen atoms in total. The number of fused-ring (bicyclic) bond motifs is 2. The van der Waals surface area contributed by atoms with Crippen LogP contribution in [-0.2, 0) is 7.05 Å². The molecule has 192 valence electrons. The lowest BCUT2D eigenvalue weighted by Crippen LogP contribution is -2.32. The van der Waals surface area contributed by atoms with Crippen LogP contribution in [-0.4, -0.2) is 65.4 Å². The number of nitrogens with one attached hydrogen (secondary N) is 1. The molecule has 2 aromatic carbocycles. The molecule has 2 aliphatic heterocycles. The first-order valence-electron chi connectivity index (χ1n) is 13.5. The first-order valence-corrected chi connectivity index (χ1v) is 13.5. The minimum atomic E-state index is 0.635. The highest BCUT2D eigenvalue weighted by Crippen LogP contribution is 2.33. The lowest BCUT2D eigenvalue weighted by Gasteiger charge is -2.30. The largest absolute Gasteiger partial charge is 0.352 e. The Morgan fingerprint density at radius 3 is 2.33 bits per heavy atom. The maximum Gasteiger partial charge on any atom is 0.166 e. The van der Waals surface area contributed by atoms with Crippen molar-refractivity contribution in [1.82, 2.24) is 19.4 Å². The first-order chi connectivity index (χ1) is 17.5. The van der Waals surface area contributed by atoms with Gasteiger partial charge in [-0.15, -0.1) is 0 Å². The van der Waals surface area contributed by atoms with E-state index in [4.69, 9.17) is 0 Å². The number of hydrogen-bond donors (Lipinski definition) is 1. The summed E-state index contributed by atoms with van der Waals surface area (Å²) in [6, 6.07) is 16.7. The summed E-state index contributed by atoms with van der Waals surface area (Å²) in [5.41, 5.74) is 5.78. The Bertz CT molecular complexity index is 1260. The van der Waals surface area contributed by atoms with E-state index in [0.717, 1.165) is 23.1 Å². The standard InChI is InChI=1S/C16H22N2.C10H9NO.C5H11N/c1-3-18-10-8-13(9-11-18)15-12-17(2)16-7-5-4-6-14(15)16;1-7-2-3-8-5-9(6-12)11-10(8)4-7;1-6-4-2-3-5-6/h4-7,12-13H,3,8-11H2,1-2H3;2-6,11H,1H3;2-5H2,1H3. The molecule has 2 saturated heterocycles. The number of aromatic amines is 1. The van der Waals surface area contributed by atoms with Crippen LogP contribution < -0.4 is 0 Å². The van der Waals surface area contributed by atoms with Crippen molar-refractivity contribution in [3.05, 3.63) is 71.5 Å². The molecule has 0 spiro atoms. The molecular formula is C31H42N4O. The van der Waals surface area contributed by atoms with Crippen LogP contribution >= 0.6 is 0 Å². The molecule has 4 aromatic rings. The van der Waals surface area contributed by atoms with E-state index in [1.54, 1.807) is 5.56 Å². The van der Waals surface area contributed by atoms with Gasteiger partial charge in [0, 0.05) is 35.1 Å². The molecular weight excluding hydrogens is 444 g/mol. The number of hydrogen-bond acceptors (Lipinski definition) is 3. The normalized spacial score (nSPS) is 17.0. The van der Waals surface area contributed by atoms with Crippen molar-refractivity contribution >= 4 is 28.1 Å². The molecule has 2 fully saturated rings. The average molecular weight is 487 g/mol. The summed E-state index contributed by atoms with van der Waals surface area (Å²) in [6.07, 6.45) is 8.61. The van der Waals surface area contributed by atoms with E-state index < -0.39 is 0 Å². The Hall–Kier alpha value is -2.89. The predicted molar refractivity (Wildman–Crippen MR) is 152 cm³/mol. The van der Waals surface area contributed by atoms with Crippen molar-refractivity contribution in [3.63, 3.8) is 0 Å². The van der Waals surface area contributed by atoms with Crippen LogP contribution in [0.5, 0.6) is 0 Å². The summed E-state index contributed by atoms with van der Waals surface area (Å²) in [6.45, 7) is 10.6. The van der Waals surface area contributed by atoms with Crippen LogP contribution in [0.2, 0.25) is 0 Å². The van der Waals surface area contributed by atoms with Gasteiger partial charge in [-0.3, -0.25) is 4.79 Å². The fourth-order valence-corrected chi connectivity index (χ4v) is 5.46. The fourth-order valence-electron chi connectivity index (χ4n) is 5.46. The summed E-state index contributed by atoms with van der Waals surface area (Å²) in [5.74, 6) is 0.749. The van der Waals surface area contributed by atoms with Crippen molar-refractivity contribution in [1.29, 1.82) is 0 Å². The number of rotatable bonds is 3. The van der Waals surface area contributed by atoms with Crippen LogP contribution in [0, 0.1) is 6.92 Å². The van der Waals surface area contributed by atoms with Gasteiger partial charge in [-0.25, -0.2) is 0 Å². The number of piperidine rings is 1. The zero-order chi connectivity index (χ0) is 25.5. The topological polar surface area (TPSA) is 44.3 Å². The molecule has 0 bridgehead atoms. The highest BCUT2D eigenvalue weighted by atomic mass is 16.1. The van der Waals surface area contributed by atoms with E-state index in [9.17, 15) is 4.79 Å². The molecule has 1 N–H and O–H groups in total. The van der Waals surface area contributed by atoms with Crippen LogP contribution in [0.15, 0.2) is 54.7 Å². The van der Waals surface area contributed by atoms with Crippen molar-refractivity contribution in [2.75, 3.05) is 39.8 Å². The number of aryl methyl sites for hydroxylation is 2. The third kappa shape index (κ3) is 6.45. The molecule has 0 saturated carbocycles. The Kier molecular flexibility index (Phi) is 9.00. The van der Waals surface area contributed by atoms with E-state index in [-0.39, 0.29) is 0 Å². The van der Waals surface area contributed by atoms with Gasteiger partial charge >= 0.3 is 0 Å². The molecule has 5 heteroatoms. The predicted octanol–water partition coefficient (Wildman–Crippen LogP) is 6.38. The summed E-state index contributed by atoms with van der Waals surface area (Å²) >= 11 is 0. The molecule has 2 aliphatic rings. The third-order valence-corrected chi connectivity index (χ3v) is 7.66. The molecule has 6 rings (SSSR count). The van der Waals surface area contributed by atoms with E-state index in [1.165, 1.54) is 74.9 Å². The van der Waals surface area contributed by atoms with E-state index in [1.807, 2.05) is 31.2 Å². The van der Waals surface area contributed by atoms with Crippen molar-refractivity contribution in [2.45, 2.75) is 45.4 Å². The fraction of sp³-hybridized carbons (Fsp3) is 0.452. The van der Waals surface area contributed by atoms with Gasteiger partial charge in [-0.2, -0.15) is 0 Å². The average Bonchev–Trinajstić information content (AvgIpc) is 3.63. The van der Waals surface area contributed by atoms with Crippen LogP contribution in [0.4, 0.5) is 0 Å². The number of benzene rings is 2. The Morgan fingerprint density at radius 1 is 0.972 bits per heavy atom. The SMILES string of the molecule is CCN1CCC(c2cn(C)c3ccccc23)CC1.CN1CCCC1.Cc1ccc2cc(C=O)[nH]c2c1. The highest BCUT2D eigenvalue weighted by Gasteiger charge is 2.22. The minimum absolute atomic E-state index is 0.635. The Labute approximate surface area is 216 Å². The smallest absolute Gasteiger partial charge is 0.166 e. The zero-order valence-corrected chi connectivity index (χ0v) is 22.5. The van der Waals surface area contributed by atoms with Crippen LogP contribution in [0.3, 0.4) is 0 Å². The molecule has 2 aromatic heterocycles. The molecule has 0 amide bonds. The Morgan fingerprint density at radius 2 is 1.69 bits per heavy atom. The van der Waals surface area contributed by atoms with Gasteiger partial charge < -0.3 is 19.4 Å². The van der Waals surface area contributed by atoms with Gasteiger partial charge in [-0.1, -0.05) is 37.3 Å². The van der Waals surface area contributed by atoms with Crippen LogP contribution in [0.25, 0.3) is 21.8 Å². The first kappa shape index (κ1) is 26.2. The van der Waals surface area contributed by atoms with Crippen molar-refractivity contribution in [2.24, 2.45) is 7.05 Å². The number of nitrogens with zero attached hydrogens (tertiary/aromatic N) is 3. The molecule has 4 heterocycles. The van der Waals surface area contributed by atoms with Gasteiger partial charge in [0.1, 0.15) is 0 Å². The molecule has 36 heavy (non-hydrogen) atoms. The number of likely N-dealkylation sites (tertiary alicyclic amines) is 2. The zero-order valence-electron chi connectivity index (χ0n) is 22.5. The quantitative estimate of drug-likeness (QED) is 0.342. The monoisotopic (exact) mass is 486 g/mol. The second kappa shape index (κ2) is 12.4. The van der Waals surface area contributed by atoms with Crippen LogP contribution in [0.1, 0.15) is 60.1 Å². The summed E-state index contributed by atoms with van der Waals surface area (Å²) in [5, 5.41) is 2.54. The van der Waals surface area contributed by atoms with Gasteiger partial charge in [0.15, 0.2) is 6.29 Å². The molecule has 0 radical (unpaired) electrons. The van der Waals surface area contributed by atoms with Gasteiger partial charge in [-0.05, 0) is 108 Å². The number of para-hydroxylation sites is 1. The highest BCUT2D eigenvalue weighted by molar-refractivity contribution is 5.88. The number of aromatic nitrogens is 2. The number of carbonyl (C=O) groups excluding carboxylic acids is 1. The number of aldehydes is 1. The lowest BCUT2D eigenvalue weighted by molar-refractivity contribution is 0.112. The third-order valence-electron chi connectivity index (χ3n) is 7.66. The lowest BCUT2D eigenvalue weighted by atomic mass is 9.89. The number of carbonyl (C=O) groups is 1. The maximum absolute atomic E-state index is 10.4. The van der Waals surface area contributed by atoms with Gasteiger partial charge in [0.2, 0.25) is 0 Å². The molecule has 0 atom stereocenters. The van der Waals surface area contributed by atoms with Gasteiger partial charge in [0.25, 0.3) is 0 Å². The maximum atomic E-state index is 10.4. The molecule has 0 unspecified atom stereocenters. The van der Waals surface area contributed by atoms with E-state index in [2.05, 4.69) is 70.8 Å². The second-order valence-electron chi connectivity index (χ2n) is 10.4. The van der Waals surface area contributed by atoms with E-state index in [0.29, 0.717) is 5.69 Å². The van der Waals surface area contributed by atoms with Crippen molar-refractivity contribution < 1.29 is 4.79 Å². The number of H-pyrrole nitrogens is 1. The van der Waals surface area contributed by atoms with E-state index >= 15 is 0 Å². The summed E-state index contributed by atoms with van der Waals surface area (Å²) < 4.78 is 2.27. The summed E-state index contributed by atoms with van der Waals surface area (Å²) in [7, 11) is 4.33. The second-order valence-corrected chi connectivity index (χ2v) is 10.4. The van der Waals surface area contributed by atoms with Gasteiger partial charge in [0.05, 0.1) is 5.69 Å². The Balaban J connectivity index is 0.000000145.